The molecule has 5 heteroatoms. The Bertz CT molecular complexity index is 442. The number of nitrogens with one attached hydrogen (secondary N) is 1. The zero-order valence-electron chi connectivity index (χ0n) is 11.7. The van der Waals surface area contributed by atoms with Gasteiger partial charge in [0.15, 0.2) is 5.54 Å². The van der Waals surface area contributed by atoms with Gasteiger partial charge < -0.3 is 15.2 Å². The molecule has 1 atom stereocenters. The minimum atomic E-state index is -1.28. The van der Waals surface area contributed by atoms with Gasteiger partial charge in [-0.2, -0.15) is 0 Å². The Morgan fingerprint density at radius 1 is 1.47 bits per heavy atom. The third-order valence-corrected chi connectivity index (χ3v) is 3.15. The van der Waals surface area contributed by atoms with E-state index in [1.54, 1.807) is 26.8 Å². The van der Waals surface area contributed by atoms with Crippen LogP contribution in [0.5, 0.6) is 0 Å². The van der Waals surface area contributed by atoms with Gasteiger partial charge >= 0.3 is 5.97 Å². The van der Waals surface area contributed by atoms with Crippen LogP contribution in [0.2, 0.25) is 0 Å². The SMILES string of the molecule is COCC(Nc1cc(C)cc(F)c1)(C(=O)O)C(C)C. The minimum Gasteiger partial charge on any atom is -0.479 e. The summed E-state index contributed by atoms with van der Waals surface area (Å²) in [6.07, 6.45) is 0. The van der Waals surface area contributed by atoms with E-state index in [2.05, 4.69) is 5.32 Å². The molecule has 0 aliphatic heterocycles. The van der Waals surface area contributed by atoms with E-state index in [1.165, 1.54) is 19.2 Å². The second-order valence-electron chi connectivity index (χ2n) is 5.01. The van der Waals surface area contributed by atoms with Crippen molar-refractivity contribution in [3.63, 3.8) is 0 Å². The number of hydrogen-bond donors (Lipinski definition) is 2. The first-order chi connectivity index (χ1) is 8.81. The lowest BCUT2D eigenvalue weighted by Gasteiger charge is -2.34. The van der Waals surface area contributed by atoms with Gasteiger partial charge in [0.05, 0.1) is 6.61 Å². The van der Waals surface area contributed by atoms with Gasteiger partial charge in [-0.15, -0.1) is 0 Å². The van der Waals surface area contributed by atoms with Crippen LogP contribution in [-0.4, -0.2) is 30.3 Å². The molecule has 0 amide bonds. The molecule has 0 spiro atoms. The molecule has 1 rings (SSSR count). The van der Waals surface area contributed by atoms with Crippen molar-refractivity contribution in [3.05, 3.63) is 29.6 Å². The molecule has 19 heavy (non-hydrogen) atoms. The van der Waals surface area contributed by atoms with Crippen molar-refractivity contribution in [2.75, 3.05) is 19.0 Å². The highest BCUT2D eigenvalue weighted by molar-refractivity contribution is 5.83. The number of carbonyl (C=O) groups is 1. The number of benzene rings is 1. The summed E-state index contributed by atoms with van der Waals surface area (Å²) in [7, 11) is 1.44. The van der Waals surface area contributed by atoms with Crippen molar-refractivity contribution >= 4 is 11.7 Å². The summed E-state index contributed by atoms with van der Waals surface area (Å²) in [6, 6.07) is 4.38. The van der Waals surface area contributed by atoms with E-state index in [1.807, 2.05) is 0 Å². The smallest absolute Gasteiger partial charge is 0.332 e. The summed E-state index contributed by atoms with van der Waals surface area (Å²) in [5, 5.41) is 12.4. The first kappa shape index (κ1) is 15.4. The van der Waals surface area contributed by atoms with E-state index in [4.69, 9.17) is 4.74 Å². The number of aryl methyl sites for hydroxylation is 1. The molecule has 2 N–H and O–H groups in total. The van der Waals surface area contributed by atoms with Crippen LogP contribution in [0, 0.1) is 18.7 Å². The van der Waals surface area contributed by atoms with Crippen LogP contribution in [0.4, 0.5) is 10.1 Å². The van der Waals surface area contributed by atoms with Gasteiger partial charge in [0, 0.05) is 12.8 Å². The second-order valence-corrected chi connectivity index (χ2v) is 5.01. The Morgan fingerprint density at radius 3 is 2.53 bits per heavy atom. The van der Waals surface area contributed by atoms with Crippen LogP contribution in [0.25, 0.3) is 0 Å². The highest BCUT2D eigenvalue weighted by Crippen LogP contribution is 2.25. The molecule has 0 aliphatic rings. The quantitative estimate of drug-likeness (QED) is 0.833. The van der Waals surface area contributed by atoms with Gasteiger partial charge in [-0.05, 0) is 36.6 Å². The van der Waals surface area contributed by atoms with E-state index in [0.717, 1.165) is 5.56 Å². The predicted octanol–water partition coefficient (Wildman–Crippen LogP) is 2.67. The maximum absolute atomic E-state index is 13.4. The molecule has 1 unspecified atom stereocenters. The normalized spacial score (nSPS) is 14.2. The third-order valence-electron chi connectivity index (χ3n) is 3.15. The predicted molar refractivity (Wildman–Crippen MR) is 71.8 cm³/mol. The minimum absolute atomic E-state index is 0.00440. The molecule has 0 saturated heterocycles. The summed E-state index contributed by atoms with van der Waals surface area (Å²) < 4.78 is 18.4. The van der Waals surface area contributed by atoms with Crippen LogP contribution in [0.3, 0.4) is 0 Å². The number of carboxylic acid groups (broad SMARTS) is 1. The van der Waals surface area contributed by atoms with Crippen molar-refractivity contribution < 1.29 is 19.0 Å². The van der Waals surface area contributed by atoms with Crippen molar-refractivity contribution in [2.24, 2.45) is 5.92 Å². The maximum atomic E-state index is 13.4. The number of carboxylic acids is 1. The summed E-state index contributed by atoms with van der Waals surface area (Å²) in [4.78, 5) is 11.6. The van der Waals surface area contributed by atoms with Crippen molar-refractivity contribution in [1.82, 2.24) is 0 Å². The van der Waals surface area contributed by atoms with Crippen molar-refractivity contribution in [1.29, 1.82) is 0 Å². The molecule has 0 fully saturated rings. The first-order valence-corrected chi connectivity index (χ1v) is 6.09. The molecule has 1 aromatic carbocycles. The third kappa shape index (κ3) is 3.44. The molecule has 106 valence electrons. The Morgan fingerprint density at radius 2 is 2.11 bits per heavy atom. The standard InChI is InChI=1S/C14H20FNO3/c1-9(2)14(8-19-4,13(17)18)16-12-6-10(3)5-11(15)7-12/h5-7,9,16H,8H2,1-4H3,(H,17,18). The van der Waals surface area contributed by atoms with Gasteiger partial charge in [0.2, 0.25) is 0 Å². The average Bonchev–Trinajstić information content (AvgIpc) is 2.26. The molecule has 1 aromatic rings. The highest BCUT2D eigenvalue weighted by atomic mass is 19.1. The molecular formula is C14H20FNO3. The lowest BCUT2D eigenvalue weighted by atomic mass is 9.86. The number of hydrogen-bond acceptors (Lipinski definition) is 3. The molecular weight excluding hydrogens is 249 g/mol. The zero-order valence-corrected chi connectivity index (χ0v) is 11.7. The summed E-state index contributed by atoms with van der Waals surface area (Å²) in [5.74, 6) is -1.65. The fraction of sp³-hybridized carbons (Fsp3) is 0.500. The molecule has 0 aromatic heterocycles. The van der Waals surface area contributed by atoms with Gasteiger partial charge in [0.25, 0.3) is 0 Å². The number of ether oxygens (including phenoxy) is 1. The summed E-state index contributed by atoms with van der Waals surface area (Å²) in [5.41, 5.74) is -0.122. The van der Waals surface area contributed by atoms with E-state index in [0.29, 0.717) is 5.69 Å². The van der Waals surface area contributed by atoms with E-state index < -0.39 is 17.3 Å². The first-order valence-electron chi connectivity index (χ1n) is 6.09. The van der Waals surface area contributed by atoms with Gasteiger partial charge in [-0.1, -0.05) is 13.8 Å². The van der Waals surface area contributed by atoms with Gasteiger partial charge in [0.1, 0.15) is 5.82 Å². The molecule has 0 saturated carbocycles. The van der Waals surface area contributed by atoms with E-state index in [-0.39, 0.29) is 12.5 Å². The van der Waals surface area contributed by atoms with Crippen molar-refractivity contribution in [2.45, 2.75) is 26.3 Å². The number of anilines is 1. The highest BCUT2D eigenvalue weighted by Gasteiger charge is 2.42. The Kier molecular flexibility index (Phi) is 4.89. The Labute approximate surface area is 112 Å². The fourth-order valence-corrected chi connectivity index (χ4v) is 2.00. The number of aliphatic carboxylic acids is 1. The van der Waals surface area contributed by atoms with E-state index in [9.17, 15) is 14.3 Å². The molecule has 0 bridgehead atoms. The largest absolute Gasteiger partial charge is 0.479 e. The fourth-order valence-electron chi connectivity index (χ4n) is 2.00. The molecule has 0 heterocycles. The molecule has 0 aliphatic carbocycles. The number of methoxy groups -OCH3 is 1. The Hall–Kier alpha value is -1.62. The van der Waals surface area contributed by atoms with Crippen LogP contribution in [0.1, 0.15) is 19.4 Å². The number of rotatable bonds is 6. The zero-order chi connectivity index (χ0) is 14.6. The second kappa shape index (κ2) is 6.02. The van der Waals surface area contributed by atoms with Gasteiger partial charge in [-0.25, -0.2) is 9.18 Å². The number of halogens is 1. The van der Waals surface area contributed by atoms with Gasteiger partial charge in [-0.3, -0.25) is 0 Å². The monoisotopic (exact) mass is 269 g/mol. The average molecular weight is 269 g/mol. The lowest BCUT2D eigenvalue weighted by Crippen LogP contribution is -2.54. The molecule has 0 radical (unpaired) electrons. The summed E-state index contributed by atoms with van der Waals surface area (Å²) in [6.45, 7) is 5.32. The van der Waals surface area contributed by atoms with Crippen LogP contribution in [-0.2, 0) is 9.53 Å². The topological polar surface area (TPSA) is 58.6 Å². The van der Waals surface area contributed by atoms with Crippen molar-refractivity contribution in [3.8, 4) is 0 Å². The lowest BCUT2D eigenvalue weighted by molar-refractivity contribution is -0.146. The Balaban J connectivity index is 3.16. The van der Waals surface area contributed by atoms with E-state index >= 15 is 0 Å². The summed E-state index contributed by atoms with van der Waals surface area (Å²) >= 11 is 0. The van der Waals surface area contributed by atoms with Crippen LogP contribution in [0.15, 0.2) is 18.2 Å². The van der Waals surface area contributed by atoms with Crippen LogP contribution >= 0.6 is 0 Å². The van der Waals surface area contributed by atoms with Crippen LogP contribution < -0.4 is 5.32 Å². The maximum Gasteiger partial charge on any atom is 0.332 e. The molecule has 4 nitrogen and oxygen atoms in total.